The predicted molar refractivity (Wildman–Crippen MR) is 42.0 cm³/mol. The third kappa shape index (κ3) is 0.703. The standard InChI is InChI=1S/C9H11N/c1-7-5-8(6-10-7)9(2)3-4-9/h3-6,10H,1-2H3. The number of aromatic nitrogens is 1. The summed E-state index contributed by atoms with van der Waals surface area (Å²) in [7, 11) is 0. The van der Waals surface area contributed by atoms with E-state index in [1.807, 2.05) is 0 Å². The quantitative estimate of drug-likeness (QED) is 0.565. The fourth-order valence-electron chi connectivity index (χ4n) is 1.14. The molecule has 10 heavy (non-hydrogen) atoms. The molecule has 0 spiro atoms. The van der Waals surface area contributed by atoms with Gasteiger partial charge in [-0.3, -0.25) is 0 Å². The van der Waals surface area contributed by atoms with E-state index < -0.39 is 0 Å². The number of H-pyrrole nitrogens is 1. The van der Waals surface area contributed by atoms with Gasteiger partial charge in [0, 0.05) is 17.3 Å². The summed E-state index contributed by atoms with van der Waals surface area (Å²) in [6.07, 6.45) is 6.51. The number of nitrogens with one attached hydrogen (secondary N) is 1. The molecule has 0 fully saturated rings. The maximum absolute atomic E-state index is 3.18. The predicted octanol–water partition coefficient (Wildman–Crippen LogP) is 2.15. The number of rotatable bonds is 1. The van der Waals surface area contributed by atoms with Gasteiger partial charge in [-0.1, -0.05) is 12.2 Å². The normalized spacial score (nSPS) is 19.4. The Bertz CT molecular complexity index is 275. The second kappa shape index (κ2) is 1.54. The van der Waals surface area contributed by atoms with Gasteiger partial charge >= 0.3 is 0 Å². The van der Waals surface area contributed by atoms with Crippen molar-refractivity contribution in [1.29, 1.82) is 0 Å². The molecule has 1 aromatic heterocycles. The van der Waals surface area contributed by atoms with E-state index in [9.17, 15) is 0 Å². The van der Waals surface area contributed by atoms with Crippen LogP contribution in [0.25, 0.3) is 0 Å². The molecule has 0 bridgehead atoms. The van der Waals surface area contributed by atoms with Crippen LogP contribution in [0.2, 0.25) is 0 Å². The van der Waals surface area contributed by atoms with Crippen molar-refractivity contribution >= 4 is 0 Å². The van der Waals surface area contributed by atoms with Crippen molar-refractivity contribution in [2.45, 2.75) is 19.3 Å². The number of hydrogen-bond donors (Lipinski definition) is 1. The molecule has 0 saturated carbocycles. The zero-order valence-corrected chi connectivity index (χ0v) is 6.31. The van der Waals surface area contributed by atoms with Crippen LogP contribution in [0.5, 0.6) is 0 Å². The molecule has 0 radical (unpaired) electrons. The first-order valence-corrected chi connectivity index (χ1v) is 3.57. The molecule has 1 heterocycles. The van der Waals surface area contributed by atoms with E-state index in [0.29, 0.717) is 0 Å². The van der Waals surface area contributed by atoms with Gasteiger partial charge in [0.2, 0.25) is 0 Å². The largest absolute Gasteiger partial charge is 0.365 e. The van der Waals surface area contributed by atoms with E-state index in [0.717, 1.165) is 0 Å². The Balaban J connectivity index is 2.35. The van der Waals surface area contributed by atoms with Crippen LogP contribution in [-0.4, -0.2) is 4.98 Å². The first-order chi connectivity index (χ1) is 4.71. The number of allylic oxidation sites excluding steroid dienone is 2. The van der Waals surface area contributed by atoms with Crippen LogP contribution in [0, 0.1) is 6.92 Å². The molecule has 1 aromatic rings. The molecule has 52 valence electrons. The Morgan fingerprint density at radius 2 is 2.10 bits per heavy atom. The molecule has 0 aliphatic heterocycles. The molecule has 1 aliphatic carbocycles. The monoisotopic (exact) mass is 133 g/mol. The fourth-order valence-corrected chi connectivity index (χ4v) is 1.14. The zero-order chi connectivity index (χ0) is 7.19. The Morgan fingerprint density at radius 3 is 2.50 bits per heavy atom. The molecule has 1 aliphatic rings. The number of aryl methyl sites for hydroxylation is 1. The summed E-state index contributed by atoms with van der Waals surface area (Å²) in [6, 6.07) is 2.19. The average molecular weight is 133 g/mol. The first kappa shape index (κ1) is 5.78. The Morgan fingerprint density at radius 1 is 1.40 bits per heavy atom. The molecule has 0 atom stereocenters. The fraction of sp³-hybridized carbons (Fsp3) is 0.333. The Kier molecular flexibility index (Phi) is 0.890. The molecule has 0 unspecified atom stereocenters. The second-order valence-corrected chi connectivity index (χ2v) is 3.19. The summed E-state index contributed by atoms with van der Waals surface area (Å²) in [4.78, 5) is 3.18. The minimum atomic E-state index is 0.282. The van der Waals surface area contributed by atoms with E-state index in [2.05, 4.69) is 43.2 Å². The maximum Gasteiger partial charge on any atom is 0.0299 e. The summed E-state index contributed by atoms with van der Waals surface area (Å²) in [5.74, 6) is 0. The lowest BCUT2D eigenvalue weighted by molar-refractivity contribution is 0.873. The van der Waals surface area contributed by atoms with E-state index >= 15 is 0 Å². The van der Waals surface area contributed by atoms with Crippen molar-refractivity contribution < 1.29 is 0 Å². The minimum absolute atomic E-state index is 0.282. The average Bonchev–Trinajstić information content (AvgIpc) is 2.45. The smallest absolute Gasteiger partial charge is 0.0299 e. The molecule has 1 N–H and O–H groups in total. The van der Waals surface area contributed by atoms with Crippen LogP contribution in [0.4, 0.5) is 0 Å². The van der Waals surface area contributed by atoms with E-state index in [1.54, 1.807) is 0 Å². The van der Waals surface area contributed by atoms with Crippen LogP contribution in [0.3, 0.4) is 0 Å². The SMILES string of the molecule is Cc1cc(C2(C)C=C2)c[nH]1. The molecule has 0 amide bonds. The molecular weight excluding hydrogens is 122 g/mol. The number of hydrogen-bond acceptors (Lipinski definition) is 0. The summed E-state index contributed by atoms with van der Waals surface area (Å²) in [5.41, 5.74) is 2.90. The van der Waals surface area contributed by atoms with Gasteiger partial charge < -0.3 is 4.98 Å². The van der Waals surface area contributed by atoms with Gasteiger partial charge in [-0.2, -0.15) is 0 Å². The first-order valence-electron chi connectivity index (χ1n) is 3.57. The molecule has 1 heteroatoms. The highest BCUT2D eigenvalue weighted by molar-refractivity contribution is 5.45. The van der Waals surface area contributed by atoms with Gasteiger partial charge in [-0.15, -0.1) is 0 Å². The van der Waals surface area contributed by atoms with Gasteiger partial charge in [0.25, 0.3) is 0 Å². The lowest BCUT2D eigenvalue weighted by Crippen LogP contribution is -1.98. The van der Waals surface area contributed by atoms with Crippen LogP contribution in [0.15, 0.2) is 24.4 Å². The van der Waals surface area contributed by atoms with Crippen LogP contribution in [0.1, 0.15) is 18.2 Å². The van der Waals surface area contributed by atoms with Gasteiger partial charge in [0.1, 0.15) is 0 Å². The molecule has 2 rings (SSSR count). The van der Waals surface area contributed by atoms with E-state index in [1.165, 1.54) is 11.3 Å². The highest BCUT2D eigenvalue weighted by Gasteiger charge is 2.30. The van der Waals surface area contributed by atoms with Crippen molar-refractivity contribution in [3.05, 3.63) is 35.7 Å². The molecule has 0 saturated heterocycles. The van der Waals surface area contributed by atoms with Gasteiger partial charge in [0.05, 0.1) is 0 Å². The zero-order valence-electron chi connectivity index (χ0n) is 6.31. The van der Waals surface area contributed by atoms with Crippen LogP contribution >= 0.6 is 0 Å². The van der Waals surface area contributed by atoms with Crippen molar-refractivity contribution in [1.82, 2.24) is 4.98 Å². The molecule has 0 aromatic carbocycles. The van der Waals surface area contributed by atoms with Crippen molar-refractivity contribution in [2.75, 3.05) is 0 Å². The summed E-state index contributed by atoms with van der Waals surface area (Å²) < 4.78 is 0. The highest BCUT2D eigenvalue weighted by atomic mass is 14.7. The van der Waals surface area contributed by atoms with Crippen LogP contribution in [-0.2, 0) is 5.41 Å². The third-order valence-corrected chi connectivity index (χ3v) is 2.12. The Labute approximate surface area is 60.8 Å². The summed E-state index contributed by atoms with van der Waals surface area (Å²) in [6.45, 7) is 4.30. The highest BCUT2D eigenvalue weighted by Crippen LogP contribution is 2.37. The second-order valence-electron chi connectivity index (χ2n) is 3.19. The summed E-state index contributed by atoms with van der Waals surface area (Å²) in [5, 5.41) is 0. The molecular formula is C9H11N. The van der Waals surface area contributed by atoms with Crippen LogP contribution < -0.4 is 0 Å². The number of aromatic amines is 1. The van der Waals surface area contributed by atoms with Crippen molar-refractivity contribution in [2.24, 2.45) is 0 Å². The van der Waals surface area contributed by atoms with E-state index in [-0.39, 0.29) is 5.41 Å². The third-order valence-electron chi connectivity index (χ3n) is 2.12. The maximum atomic E-state index is 3.18. The Hall–Kier alpha value is -0.980. The topological polar surface area (TPSA) is 15.8 Å². The minimum Gasteiger partial charge on any atom is -0.365 e. The lowest BCUT2D eigenvalue weighted by atomic mass is 9.99. The van der Waals surface area contributed by atoms with Gasteiger partial charge in [-0.25, -0.2) is 0 Å². The van der Waals surface area contributed by atoms with Crippen molar-refractivity contribution in [3.63, 3.8) is 0 Å². The van der Waals surface area contributed by atoms with Gasteiger partial charge in [0.15, 0.2) is 0 Å². The van der Waals surface area contributed by atoms with E-state index in [4.69, 9.17) is 0 Å². The lowest BCUT2D eigenvalue weighted by Gasteiger charge is -2.03. The molecule has 1 nitrogen and oxygen atoms in total. The summed E-state index contributed by atoms with van der Waals surface area (Å²) >= 11 is 0. The van der Waals surface area contributed by atoms with Crippen molar-refractivity contribution in [3.8, 4) is 0 Å². The van der Waals surface area contributed by atoms with Gasteiger partial charge in [-0.05, 0) is 25.5 Å².